The number of phenols is 1. The molecule has 2 aromatic rings. The van der Waals surface area contributed by atoms with E-state index in [0.29, 0.717) is 28.5 Å². The van der Waals surface area contributed by atoms with Gasteiger partial charge < -0.3 is 29.4 Å². The largest absolute Gasteiger partial charge is 0.507 e. The summed E-state index contributed by atoms with van der Waals surface area (Å²) in [5, 5.41) is 14.8. The number of hydrogen-bond donors (Lipinski definition) is 2. The maximum atomic E-state index is 10.5. The first-order chi connectivity index (χ1) is 17.7. The fourth-order valence-electron chi connectivity index (χ4n) is 5.77. The van der Waals surface area contributed by atoms with Crippen molar-refractivity contribution in [2.75, 3.05) is 27.9 Å². The summed E-state index contributed by atoms with van der Waals surface area (Å²) < 4.78 is 23.4. The molecule has 2 heterocycles. The standard InChI is InChI=1S/C30H43NO5S/c1-18-19(2)27-24(20(3)26(18)32)11-14-30(4,36-27)13-10-22-16-23(12-15-31-22)37-17-21-8-9-25(33-5)29(35-7)28(21)34-6/h8-9,22-23,31-32H,10-17H2,1-7H3. The van der Waals surface area contributed by atoms with Gasteiger partial charge >= 0.3 is 0 Å². The quantitative estimate of drug-likeness (QED) is 0.397. The predicted molar refractivity (Wildman–Crippen MR) is 151 cm³/mol. The number of nitrogens with one attached hydrogen (secondary N) is 1. The first-order valence-electron chi connectivity index (χ1n) is 13.3. The zero-order valence-corrected chi connectivity index (χ0v) is 24.3. The summed E-state index contributed by atoms with van der Waals surface area (Å²) in [6.45, 7) is 9.35. The number of methoxy groups -OCH3 is 3. The van der Waals surface area contributed by atoms with Gasteiger partial charge in [-0.3, -0.25) is 0 Å². The predicted octanol–water partition coefficient (Wildman–Crippen LogP) is 6.26. The van der Waals surface area contributed by atoms with Crippen molar-refractivity contribution in [3.8, 4) is 28.7 Å². The summed E-state index contributed by atoms with van der Waals surface area (Å²) >= 11 is 2.00. The number of ether oxygens (including phenoxy) is 4. The number of rotatable bonds is 9. The average molecular weight is 530 g/mol. The van der Waals surface area contributed by atoms with E-state index in [9.17, 15) is 5.11 Å². The Balaban J connectivity index is 1.35. The van der Waals surface area contributed by atoms with E-state index in [1.165, 1.54) is 12.0 Å². The summed E-state index contributed by atoms with van der Waals surface area (Å²) in [5.41, 5.74) is 5.11. The molecule has 4 rings (SSSR count). The van der Waals surface area contributed by atoms with Crippen molar-refractivity contribution in [3.05, 3.63) is 39.9 Å². The van der Waals surface area contributed by atoms with Crippen molar-refractivity contribution in [2.45, 2.75) is 88.9 Å². The number of piperidine rings is 1. The zero-order valence-electron chi connectivity index (χ0n) is 23.5. The van der Waals surface area contributed by atoms with Gasteiger partial charge in [0.1, 0.15) is 17.1 Å². The van der Waals surface area contributed by atoms with E-state index in [1.54, 1.807) is 21.3 Å². The Labute approximate surface area is 226 Å². The molecular formula is C30H43NO5S. The van der Waals surface area contributed by atoms with Crippen molar-refractivity contribution in [1.82, 2.24) is 5.32 Å². The van der Waals surface area contributed by atoms with Gasteiger partial charge in [0.2, 0.25) is 5.75 Å². The van der Waals surface area contributed by atoms with Crippen LogP contribution in [0.15, 0.2) is 12.1 Å². The lowest BCUT2D eigenvalue weighted by Gasteiger charge is -2.39. The monoisotopic (exact) mass is 529 g/mol. The minimum Gasteiger partial charge on any atom is -0.507 e. The lowest BCUT2D eigenvalue weighted by molar-refractivity contribution is 0.0491. The maximum absolute atomic E-state index is 10.5. The van der Waals surface area contributed by atoms with E-state index in [0.717, 1.165) is 78.2 Å². The van der Waals surface area contributed by atoms with Crippen LogP contribution in [0.4, 0.5) is 0 Å². The van der Waals surface area contributed by atoms with Crippen LogP contribution >= 0.6 is 11.8 Å². The van der Waals surface area contributed by atoms with Gasteiger partial charge in [-0.15, -0.1) is 0 Å². The summed E-state index contributed by atoms with van der Waals surface area (Å²) in [5.74, 6) is 4.40. The highest BCUT2D eigenvalue weighted by Gasteiger charge is 2.35. The molecule has 1 fully saturated rings. The average Bonchev–Trinajstić information content (AvgIpc) is 2.92. The van der Waals surface area contributed by atoms with E-state index in [-0.39, 0.29) is 5.60 Å². The van der Waals surface area contributed by atoms with E-state index in [1.807, 2.05) is 31.7 Å². The van der Waals surface area contributed by atoms with Gasteiger partial charge in [0, 0.05) is 28.2 Å². The van der Waals surface area contributed by atoms with E-state index in [2.05, 4.69) is 25.2 Å². The Kier molecular flexibility index (Phi) is 8.74. The number of benzene rings is 2. The summed E-state index contributed by atoms with van der Waals surface area (Å²) in [4.78, 5) is 0. The second-order valence-corrected chi connectivity index (χ2v) is 12.0. The molecule has 204 valence electrons. The number of hydrogen-bond acceptors (Lipinski definition) is 7. The molecule has 0 spiro atoms. The molecule has 0 saturated carbocycles. The highest BCUT2D eigenvalue weighted by atomic mass is 32.2. The van der Waals surface area contributed by atoms with Crippen molar-refractivity contribution in [2.24, 2.45) is 0 Å². The smallest absolute Gasteiger partial charge is 0.203 e. The zero-order chi connectivity index (χ0) is 26.7. The van der Waals surface area contributed by atoms with Crippen LogP contribution in [0.2, 0.25) is 0 Å². The number of thioether (sulfide) groups is 1. The molecule has 3 unspecified atom stereocenters. The Morgan fingerprint density at radius 3 is 2.51 bits per heavy atom. The van der Waals surface area contributed by atoms with Gasteiger partial charge in [-0.25, -0.2) is 0 Å². The number of phenolic OH excluding ortho intramolecular Hbond substituents is 1. The second-order valence-electron chi connectivity index (χ2n) is 10.7. The fourth-order valence-corrected chi connectivity index (χ4v) is 7.07. The van der Waals surface area contributed by atoms with Crippen LogP contribution in [0.1, 0.15) is 66.8 Å². The summed E-state index contributed by atoms with van der Waals surface area (Å²) in [7, 11) is 4.98. The van der Waals surface area contributed by atoms with E-state index in [4.69, 9.17) is 18.9 Å². The SMILES string of the molecule is COc1ccc(CSC2CCNC(CCC3(C)CCc4c(C)c(O)c(C)c(C)c4O3)C2)c(OC)c1OC. The third kappa shape index (κ3) is 5.78. The van der Waals surface area contributed by atoms with E-state index >= 15 is 0 Å². The molecule has 1 saturated heterocycles. The first-order valence-corrected chi connectivity index (χ1v) is 14.4. The third-order valence-corrected chi connectivity index (χ3v) is 9.70. The highest BCUT2D eigenvalue weighted by molar-refractivity contribution is 7.99. The Morgan fingerprint density at radius 2 is 1.81 bits per heavy atom. The Morgan fingerprint density at radius 1 is 1.05 bits per heavy atom. The van der Waals surface area contributed by atoms with Gasteiger partial charge in [0.15, 0.2) is 11.5 Å². The third-order valence-electron chi connectivity index (χ3n) is 8.32. The van der Waals surface area contributed by atoms with Crippen LogP contribution < -0.4 is 24.3 Å². The molecule has 2 N–H and O–H groups in total. The van der Waals surface area contributed by atoms with Crippen LogP contribution in [0.5, 0.6) is 28.7 Å². The minimum absolute atomic E-state index is 0.178. The number of aromatic hydroxyl groups is 1. The first kappa shape index (κ1) is 27.8. The Hall–Kier alpha value is -2.25. The van der Waals surface area contributed by atoms with Crippen LogP contribution in [-0.4, -0.2) is 49.9 Å². The van der Waals surface area contributed by atoms with Crippen molar-refractivity contribution >= 4 is 11.8 Å². The van der Waals surface area contributed by atoms with Gasteiger partial charge in [-0.1, -0.05) is 6.07 Å². The van der Waals surface area contributed by atoms with E-state index < -0.39 is 0 Å². The molecule has 0 aromatic heterocycles. The lowest BCUT2D eigenvalue weighted by atomic mass is 9.83. The molecule has 2 aromatic carbocycles. The summed E-state index contributed by atoms with van der Waals surface area (Å²) in [6.07, 6.45) is 6.36. The molecule has 2 aliphatic rings. The second kappa shape index (κ2) is 11.6. The molecule has 0 aliphatic carbocycles. The molecule has 7 heteroatoms. The molecule has 0 amide bonds. The van der Waals surface area contributed by atoms with Crippen molar-refractivity contribution in [1.29, 1.82) is 0 Å². The Bertz CT molecular complexity index is 1120. The minimum atomic E-state index is -0.178. The van der Waals surface area contributed by atoms with Crippen LogP contribution in [0.25, 0.3) is 0 Å². The molecular weight excluding hydrogens is 486 g/mol. The van der Waals surface area contributed by atoms with Gasteiger partial charge in [-0.2, -0.15) is 11.8 Å². The molecule has 6 nitrogen and oxygen atoms in total. The fraction of sp³-hybridized carbons (Fsp3) is 0.600. The summed E-state index contributed by atoms with van der Waals surface area (Å²) in [6, 6.07) is 4.53. The van der Waals surface area contributed by atoms with Gasteiger partial charge in [-0.05, 0) is 95.5 Å². The lowest BCUT2D eigenvalue weighted by Crippen LogP contribution is -2.43. The highest BCUT2D eigenvalue weighted by Crippen LogP contribution is 2.45. The van der Waals surface area contributed by atoms with Crippen LogP contribution in [-0.2, 0) is 12.2 Å². The molecule has 37 heavy (non-hydrogen) atoms. The maximum Gasteiger partial charge on any atom is 0.203 e. The topological polar surface area (TPSA) is 69.2 Å². The van der Waals surface area contributed by atoms with Crippen molar-refractivity contribution < 1.29 is 24.1 Å². The van der Waals surface area contributed by atoms with Crippen molar-refractivity contribution in [3.63, 3.8) is 0 Å². The van der Waals surface area contributed by atoms with Gasteiger partial charge in [0.05, 0.1) is 21.3 Å². The molecule has 0 radical (unpaired) electrons. The van der Waals surface area contributed by atoms with Crippen LogP contribution in [0.3, 0.4) is 0 Å². The normalized spacial score (nSPS) is 23.2. The molecule has 2 aliphatic heterocycles. The van der Waals surface area contributed by atoms with Gasteiger partial charge in [0.25, 0.3) is 0 Å². The molecule has 3 atom stereocenters. The number of fused-ring (bicyclic) bond motifs is 1. The van der Waals surface area contributed by atoms with Crippen LogP contribution in [0, 0.1) is 20.8 Å². The molecule has 0 bridgehead atoms.